The fraction of sp³-hybridized carbons (Fsp3) is 0.348. The zero-order chi connectivity index (χ0) is 20.1. The molecule has 4 atom stereocenters. The first-order valence-electron chi connectivity index (χ1n) is 9.91. The number of carbonyl (C=O) groups is 3. The Balaban J connectivity index is 1.35. The molecule has 1 aliphatic heterocycles. The van der Waals surface area contributed by atoms with Gasteiger partial charge < -0.3 is 9.47 Å². The lowest BCUT2D eigenvalue weighted by atomic mass is 9.81. The molecule has 1 heterocycles. The molecule has 1 saturated heterocycles. The van der Waals surface area contributed by atoms with Crippen molar-refractivity contribution in [3.05, 3.63) is 54.1 Å². The lowest BCUT2D eigenvalue weighted by molar-refractivity contribution is -0.123. The Morgan fingerprint density at radius 2 is 1.48 bits per heavy atom. The number of carbonyl (C=O) groups excluding carboxylic acids is 3. The number of ether oxygens (including phenoxy) is 2. The number of amides is 2. The van der Waals surface area contributed by atoms with Crippen LogP contribution in [0.1, 0.15) is 29.6 Å². The summed E-state index contributed by atoms with van der Waals surface area (Å²) in [6.07, 6.45) is 3.10. The Hall–Kier alpha value is -3.15. The Bertz CT molecular complexity index is 971. The van der Waals surface area contributed by atoms with Crippen LogP contribution < -0.4 is 14.4 Å². The summed E-state index contributed by atoms with van der Waals surface area (Å²) in [6, 6.07) is 13.3. The van der Waals surface area contributed by atoms with E-state index in [2.05, 4.69) is 0 Å². The average molecular weight is 391 g/mol. The number of para-hydroxylation sites is 2. The number of benzene rings is 2. The highest BCUT2D eigenvalue weighted by molar-refractivity contribution is 6.22. The summed E-state index contributed by atoms with van der Waals surface area (Å²) in [5.41, 5.74) is 0.849. The molecule has 5 rings (SSSR count). The number of nitrogens with zero attached hydrogens (tertiary/aromatic N) is 1. The quantitative estimate of drug-likeness (QED) is 0.453. The van der Waals surface area contributed by atoms with Gasteiger partial charge in [-0.05, 0) is 67.5 Å². The van der Waals surface area contributed by atoms with E-state index in [-0.39, 0.29) is 23.7 Å². The van der Waals surface area contributed by atoms with Crippen LogP contribution in [0.5, 0.6) is 11.5 Å². The second-order valence-electron chi connectivity index (χ2n) is 7.98. The molecule has 148 valence electrons. The SMILES string of the molecule is COc1ccccc1OC(=O)c1ccc(N2C(=O)[C@@H]3[C@H]4CC[C@@H](C4)[C@H]3C2=O)cc1. The van der Waals surface area contributed by atoms with Crippen molar-refractivity contribution in [3.8, 4) is 11.5 Å². The maximum Gasteiger partial charge on any atom is 0.343 e. The van der Waals surface area contributed by atoms with E-state index >= 15 is 0 Å². The third-order valence-corrected chi connectivity index (χ3v) is 6.56. The smallest absolute Gasteiger partial charge is 0.343 e. The van der Waals surface area contributed by atoms with Crippen molar-refractivity contribution in [2.24, 2.45) is 23.7 Å². The maximum absolute atomic E-state index is 12.9. The molecule has 6 heteroatoms. The molecule has 0 spiro atoms. The van der Waals surface area contributed by atoms with Crippen LogP contribution in [0.2, 0.25) is 0 Å². The van der Waals surface area contributed by atoms with E-state index in [0.717, 1.165) is 19.3 Å². The number of hydrogen-bond acceptors (Lipinski definition) is 5. The second kappa shape index (κ2) is 6.72. The van der Waals surface area contributed by atoms with E-state index in [4.69, 9.17) is 9.47 Å². The van der Waals surface area contributed by atoms with Crippen molar-refractivity contribution < 1.29 is 23.9 Å². The van der Waals surface area contributed by atoms with Gasteiger partial charge in [-0.3, -0.25) is 14.5 Å². The number of imide groups is 1. The lowest BCUT2D eigenvalue weighted by Gasteiger charge is -2.19. The van der Waals surface area contributed by atoms with Gasteiger partial charge in [0.05, 0.1) is 30.2 Å². The van der Waals surface area contributed by atoms with Gasteiger partial charge in [0.1, 0.15) is 0 Å². The Morgan fingerprint density at radius 3 is 2.07 bits per heavy atom. The van der Waals surface area contributed by atoms with Crippen LogP contribution in [0.3, 0.4) is 0 Å². The third-order valence-electron chi connectivity index (χ3n) is 6.56. The summed E-state index contributed by atoms with van der Waals surface area (Å²) in [6.45, 7) is 0. The number of rotatable bonds is 4. The van der Waals surface area contributed by atoms with E-state index in [1.54, 1.807) is 48.5 Å². The summed E-state index contributed by atoms with van der Waals surface area (Å²) in [5.74, 6) is 0.475. The summed E-state index contributed by atoms with van der Waals surface area (Å²) < 4.78 is 10.6. The van der Waals surface area contributed by atoms with Gasteiger partial charge in [-0.15, -0.1) is 0 Å². The van der Waals surface area contributed by atoms with Crippen LogP contribution in [-0.4, -0.2) is 24.9 Å². The standard InChI is InChI=1S/C23H21NO5/c1-28-17-4-2-3-5-18(17)29-23(27)13-8-10-16(11-9-13)24-21(25)19-14-6-7-15(12-14)20(19)22(24)26/h2-5,8-11,14-15,19-20H,6-7,12H2,1H3/t14-,15-,19+,20+/m0/s1. The number of methoxy groups -OCH3 is 1. The van der Waals surface area contributed by atoms with Crippen LogP contribution in [0.15, 0.2) is 48.5 Å². The number of fused-ring (bicyclic) bond motifs is 5. The Kier molecular flexibility index (Phi) is 4.15. The van der Waals surface area contributed by atoms with E-state index in [0.29, 0.717) is 34.6 Å². The minimum atomic E-state index is -0.532. The Morgan fingerprint density at radius 1 is 0.897 bits per heavy atom. The van der Waals surface area contributed by atoms with Crippen molar-refractivity contribution in [1.29, 1.82) is 0 Å². The molecule has 29 heavy (non-hydrogen) atoms. The minimum absolute atomic E-state index is 0.0865. The van der Waals surface area contributed by atoms with Crippen LogP contribution in [-0.2, 0) is 9.59 Å². The second-order valence-corrected chi connectivity index (χ2v) is 7.98. The molecule has 0 N–H and O–H groups in total. The van der Waals surface area contributed by atoms with E-state index < -0.39 is 5.97 Å². The molecule has 6 nitrogen and oxygen atoms in total. The molecule has 2 saturated carbocycles. The largest absolute Gasteiger partial charge is 0.493 e. The van der Waals surface area contributed by atoms with Gasteiger partial charge in [0.15, 0.2) is 11.5 Å². The number of anilines is 1. The normalized spacial score (nSPS) is 27.3. The zero-order valence-corrected chi connectivity index (χ0v) is 16.0. The highest BCUT2D eigenvalue weighted by Gasteiger charge is 2.61. The van der Waals surface area contributed by atoms with Crippen LogP contribution >= 0.6 is 0 Å². The summed E-state index contributed by atoms with van der Waals surface area (Å²) in [5, 5.41) is 0. The molecule has 3 aliphatic rings. The van der Waals surface area contributed by atoms with Gasteiger partial charge in [-0.25, -0.2) is 4.79 Å². The predicted molar refractivity (Wildman–Crippen MR) is 105 cm³/mol. The van der Waals surface area contributed by atoms with Crippen molar-refractivity contribution in [2.75, 3.05) is 12.0 Å². The molecule has 2 aliphatic carbocycles. The predicted octanol–water partition coefficient (Wildman–Crippen LogP) is 3.45. The molecule has 3 fully saturated rings. The molecule has 0 radical (unpaired) electrons. The topological polar surface area (TPSA) is 72.9 Å². The molecular weight excluding hydrogens is 370 g/mol. The van der Waals surface area contributed by atoms with Gasteiger partial charge in [0, 0.05) is 0 Å². The van der Waals surface area contributed by atoms with E-state index in [9.17, 15) is 14.4 Å². The highest BCUT2D eigenvalue weighted by atomic mass is 16.6. The van der Waals surface area contributed by atoms with Gasteiger partial charge in [0.25, 0.3) is 0 Å². The average Bonchev–Trinajstić information content (AvgIpc) is 3.42. The van der Waals surface area contributed by atoms with Crippen LogP contribution in [0, 0.1) is 23.7 Å². The van der Waals surface area contributed by atoms with Crippen LogP contribution in [0.4, 0.5) is 5.69 Å². The first-order chi connectivity index (χ1) is 14.1. The third kappa shape index (κ3) is 2.74. The van der Waals surface area contributed by atoms with Crippen LogP contribution in [0.25, 0.3) is 0 Å². The first kappa shape index (κ1) is 17.9. The molecule has 0 unspecified atom stereocenters. The Labute approximate surface area is 168 Å². The van der Waals surface area contributed by atoms with Gasteiger partial charge in [-0.2, -0.15) is 0 Å². The fourth-order valence-electron chi connectivity index (χ4n) is 5.27. The molecular formula is C23H21NO5. The summed E-state index contributed by atoms with van der Waals surface area (Å²) in [7, 11) is 1.51. The monoisotopic (exact) mass is 391 g/mol. The van der Waals surface area contributed by atoms with Crippen molar-refractivity contribution >= 4 is 23.5 Å². The van der Waals surface area contributed by atoms with E-state index in [1.807, 2.05) is 0 Å². The molecule has 2 amide bonds. The molecule has 2 aromatic rings. The number of hydrogen-bond donors (Lipinski definition) is 0. The fourth-order valence-corrected chi connectivity index (χ4v) is 5.27. The summed E-state index contributed by atoms with van der Waals surface area (Å²) in [4.78, 5) is 39.6. The molecule has 2 bridgehead atoms. The lowest BCUT2D eigenvalue weighted by Crippen LogP contribution is -2.32. The van der Waals surface area contributed by atoms with Gasteiger partial charge in [0.2, 0.25) is 11.8 Å². The first-order valence-corrected chi connectivity index (χ1v) is 9.91. The molecule has 2 aromatic carbocycles. The minimum Gasteiger partial charge on any atom is -0.493 e. The molecule has 0 aromatic heterocycles. The van der Waals surface area contributed by atoms with Crippen molar-refractivity contribution in [3.63, 3.8) is 0 Å². The zero-order valence-electron chi connectivity index (χ0n) is 16.0. The maximum atomic E-state index is 12.9. The highest BCUT2D eigenvalue weighted by Crippen LogP contribution is 2.56. The van der Waals surface area contributed by atoms with Gasteiger partial charge in [-0.1, -0.05) is 12.1 Å². The van der Waals surface area contributed by atoms with Gasteiger partial charge >= 0.3 is 5.97 Å². The van der Waals surface area contributed by atoms with E-state index in [1.165, 1.54) is 12.0 Å². The number of esters is 1. The van der Waals surface area contributed by atoms with Crippen molar-refractivity contribution in [2.45, 2.75) is 19.3 Å². The van der Waals surface area contributed by atoms with Crippen molar-refractivity contribution in [1.82, 2.24) is 0 Å². The summed E-state index contributed by atoms with van der Waals surface area (Å²) >= 11 is 0.